The molecule has 0 amide bonds. The van der Waals surface area contributed by atoms with Crippen LogP contribution in [0.25, 0.3) is 0 Å². The third-order valence-corrected chi connectivity index (χ3v) is 2.03. The largest absolute Gasteiger partial charge is 0.0877 e. The van der Waals surface area contributed by atoms with E-state index < -0.39 is 0 Å². The summed E-state index contributed by atoms with van der Waals surface area (Å²) in [4.78, 5) is 0. The molecule has 0 nitrogen and oxygen atoms in total. The Morgan fingerprint density at radius 2 is 2.08 bits per heavy atom. The lowest BCUT2D eigenvalue weighted by Gasteiger charge is -2.09. The molecule has 0 aliphatic carbocycles. The second kappa shape index (κ2) is 7.15. The van der Waals surface area contributed by atoms with E-state index in [2.05, 4.69) is 45.9 Å². The van der Waals surface area contributed by atoms with Gasteiger partial charge in [0.2, 0.25) is 0 Å². The fourth-order valence-corrected chi connectivity index (χ4v) is 1.47. The highest BCUT2D eigenvalue weighted by atomic mass is 14.1. The predicted molar refractivity (Wildman–Crippen MR) is 57.3 cm³/mol. The van der Waals surface area contributed by atoms with Gasteiger partial charge < -0.3 is 0 Å². The van der Waals surface area contributed by atoms with Gasteiger partial charge in [-0.05, 0) is 26.2 Å². The quantitative estimate of drug-likeness (QED) is 0.533. The van der Waals surface area contributed by atoms with E-state index in [1.165, 1.54) is 24.8 Å². The van der Waals surface area contributed by atoms with E-state index in [1.54, 1.807) is 0 Å². The van der Waals surface area contributed by atoms with Crippen LogP contribution < -0.4 is 0 Å². The topological polar surface area (TPSA) is 0 Å². The molecule has 1 atom stereocenters. The Hall–Kier alpha value is -0.520. The van der Waals surface area contributed by atoms with Gasteiger partial charge in [-0.1, -0.05) is 50.5 Å². The zero-order valence-electron chi connectivity index (χ0n) is 8.93. The van der Waals surface area contributed by atoms with Crippen molar-refractivity contribution in [2.75, 3.05) is 0 Å². The standard InChI is InChI=1S/C12H22/c1-5-7-9-12(4)10-11(3)8-6-2/h5,7,9,11H,6,8,10H2,1-4H3/b7-5+,12-9+. The molecular formula is C12H22. The average Bonchev–Trinajstić information content (AvgIpc) is 2.01. The van der Waals surface area contributed by atoms with Gasteiger partial charge in [0.25, 0.3) is 0 Å². The zero-order valence-corrected chi connectivity index (χ0v) is 8.93. The molecule has 0 saturated heterocycles. The zero-order chi connectivity index (χ0) is 9.40. The van der Waals surface area contributed by atoms with E-state index in [4.69, 9.17) is 0 Å². The molecule has 0 aliphatic rings. The molecule has 12 heavy (non-hydrogen) atoms. The highest BCUT2D eigenvalue weighted by Crippen LogP contribution is 2.15. The second-order valence-electron chi connectivity index (χ2n) is 3.64. The van der Waals surface area contributed by atoms with Gasteiger partial charge in [0, 0.05) is 0 Å². The van der Waals surface area contributed by atoms with E-state index in [0.29, 0.717) is 0 Å². The minimum absolute atomic E-state index is 0.844. The number of allylic oxidation sites excluding steroid dienone is 4. The second-order valence-corrected chi connectivity index (χ2v) is 3.64. The summed E-state index contributed by atoms with van der Waals surface area (Å²) in [5, 5.41) is 0. The monoisotopic (exact) mass is 166 g/mol. The van der Waals surface area contributed by atoms with Crippen LogP contribution in [0.15, 0.2) is 23.8 Å². The normalized spacial score (nSPS) is 15.5. The van der Waals surface area contributed by atoms with E-state index >= 15 is 0 Å². The van der Waals surface area contributed by atoms with Crippen molar-refractivity contribution in [2.24, 2.45) is 5.92 Å². The lowest BCUT2D eigenvalue weighted by Crippen LogP contribution is -1.94. The van der Waals surface area contributed by atoms with Gasteiger partial charge in [-0.15, -0.1) is 0 Å². The van der Waals surface area contributed by atoms with Crippen molar-refractivity contribution in [3.63, 3.8) is 0 Å². The summed E-state index contributed by atoms with van der Waals surface area (Å²) in [5.41, 5.74) is 1.49. The molecule has 0 aliphatic heterocycles. The third kappa shape index (κ3) is 6.21. The molecule has 0 saturated carbocycles. The third-order valence-electron chi connectivity index (χ3n) is 2.03. The van der Waals surface area contributed by atoms with E-state index in [0.717, 1.165) is 5.92 Å². The van der Waals surface area contributed by atoms with Crippen LogP contribution in [0.1, 0.15) is 47.0 Å². The first kappa shape index (κ1) is 11.5. The first-order valence-electron chi connectivity index (χ1n) is 4.99. The highest BCUT2D eigenvalue weighted by Gasteiger charge is 1.99. The summed E-state index contributed by atoms with van der Waals surface area (Å²) in [6.45, 7) is 8.85. The summed E-state index contributed by atoms with van der Waals surface area (Å²) < 4.78 is 0. The fraction of sp³-hybridized carbons (Fsp3) is 0.667. The van der Waals surface area contributed by atoms with Crippen LogP contribution in [0.3, 0.4) is 0 Å². The van der Waals surface area contributed by atoms with Crippen LogP contribution in [-0.4, -0.2) is 0 Å². The average molecular weight is 166 g/mol. The molecule has 0 spiro atoms. The molecule has 0 heteroatoms. The van der Waals surface area contributed by atoms with Crippen molar-refractivity contribution in [3.05, 3.63) is 23.8 Å². The van der Waals surface area contributed by atoms with Crippen molar-refractivity contribution in [1.29, 1.82) is 0 Å². The molecule has 0 aromatic carbocycles. The Morgan fingerprint density at radius 3 is 2.58 bits per heavy atom. The first-order chi connectivity index (χ1) is 5.70. The Labute approximate surface area is 77.4 Å². The van der Waals surface area contributed by atoms with Crippen molar-refractivity contribution in [2.45, 2.75) is 47.0 Å². The molecule has 0 fully saturated rings. The van der Waals surface area contributed by atoms with Gasteiger partial charge in [0.1, 0.15) is 0 Å². The SMILES string of the molecule is C/C=C/C=C(\C)CC(C)CCC. The molecule has 0 heterocycles. The molecule has 0 bridgehead atoms. The van der Waals surface area contributed by atoms with Crippen molar-refractivity contribution >= 4 is 0 Å². The minimum atomic E-state index is 0.844. The summed E-state index contributed by atoms with van der Waals surface area (Å²) in [6, 6.07) is 0. The maximum Gasteiger partial charge on any atom is -0.0294 e. The van der Waals surface area contributed by atoms with Crippen molar-refractivity contribution in [3.8, 4) is 0 Å². The summed E-state index contributed by atoms with van der Waals surface area (Å²) in [7, 11) is 0. The maximum atomic E-state index is 2.33. The predicted octanol–water partition coefficient (Wildman–Crippen LogP) is 4.34. The van der Waals surface area contributed by atoms with Crippen LogP contribution >= 0.6 is 0 Å². The van der Waals surface area contributed by atoms with E-state index in [-0.39, 0.29) is 0 Å². The van der Waals surface area contributed by atoms with Gasteiger partial charge in [-0.3, -0.25) is 0 Å². The van der Waals surface area contributed by atoms with Crippen molar-refractivity contribution < 1.29 is 0 Å². The van der Waals surface area contributed by atoms with Crippen LogP contribution in [-0.2, 0) is 0 Å². The molecule has 0 N–H and O–H groups in total. The first-order valence-corrected chi connectivity index (χ1v) is 4.99. The van der Waals surface area contributed by atoms with Gasteiger partial charge in [0.15, 0.2) is 0 Å². The Morgan fingerprint density at radius 1 is 1.42 bits per heavy atom. The van der Waals surface area contributed by atoms with Crippen LogP contribution in [0, 0.1) is 5.92 Å². The fourth-order valence-electron chi connectivity index (χ4n) is 1.47. The van der Waals surface area contributed by atoms with Crippen LogP contribution in [0.2, 0.25) is 0 Å². The molecule has 0 radical (unpaired) electrons. The smallest absolute Gasteiger partial charge is 0.0294 e. The van der Waals surface area contributed by atoms with Gasteiger partial charge in [0.05, 0.1) is 0 Å². The minimum Gasteiger partial charge on any atom is -0.0877 e. The van der Waals surface area contributed by atoms with Gasteiger partial charge in [-0.25, -0.2) is 0 Å². The number of rotatable bonds is 5. The van der Waals surface area contributed by atoms with E-state index in [1.807, 2.05) is 0 Å². The summed E-state index contributed by atoms with van der Waals surface area (Å²) in [5.74, 6) is 0.844. The summed E-state index contributed by atoms with van der Waals surface area (Å²) in [6.07, 6.45) is 10.3. The molecule has 1 unspecified atom stereocenters. The molecule has 0 aromatic heterocycles. The van der Waals surface area contributed by atoms with Gasteiger partial charge >= 0.3 is 0 Å². The Kier molecular flexibility index (Phi) is 6.84. The molecule has 70 valence electrons. The molecule has 0 rings (SSSR count). The summed E-state index contributed by atoms with van der Waals surface area (Å²) >= 11 is 0. The van der Waals surface area contributed by atoms with E-state index in [9.17, 15) is 0 Å². The highest BCUT2D eigenvalue weighted by molar-refractivity contribution is 5.10. The van der Waals surface area contributed by atoms with Gasteiger partial charge in [-0.2, -0.15) is 0 Å². The lowest BCUT2D eigenvalue weighted by atomic mass is 9.97. The van der Waals surface area contributed by atoms with Crippen LogP contribution in [0.5, 0.6) is 0 Å². The van der Waals surface area contributed by atoms with Crippen molar-refractivity contribution in [1.82, 2.24) is 0 Å². The Bertz CT molecular complexity index is 151. The Balaban J connectivity index is 3.74. The molecular weight excluding hydrogens is 144 g/mol. The lowest BCUT2D eigenvalue weighted by molar-refractivity contribution is 0.520. The maximum absolute atomic E-state index is 2.33. The number of hydrogen-bond acceptors (Lipinski definition) is 0. The van der Waals surface area contributed by atoms with Crippen LogP contribution in [0.4, 0.5) is 0 Å². The number of hydrogen-bond donors (Lipinski definition) is 0. The molecule has 0 aromatic rings.